The molecule has 0 radical (unpaired) electrons. The molecule has 170 valence electrons. The first kappa shape index (κ1) is 24.8. The fraction of sp³-hybridized carbons (Fsp3) is 0.500. The summed E-state index contributed by atoms with van der Waals surface area (Å²) in [7, 11) is 0. The van der Waals surface area contributed by atoms with Crippen molar-refractivity contribution in [3.63, 3.8) is 0 Å². The Labute approximate surface area is 187 Å². The van der Waals surface area contributed by atoms with Crippen LogP contribution < -0.4 is 10.2 Å². The average Bonchev–Trinajstić information content (AvgIpc) is 3.01. The number of carbonyl (C=O) groups excluding carboxylic acids is 3. The van der Waals surface area contributed by atoms with E-state index in [0.29, 0.717) is 24.3 Å². The molecule has 1 fully saturated rings. The van der Waals surface area contributed by atoms with Gasteiger partial charge >= 0.3 is 0 Å². The Bertz CT molecular complexity index is 899. The largest absolute Gasteiger partial charge is 0.373 e. The van der Waals surface area contributed by atoms with Gasteiger partial charge in [-0.3, -0.25) is 19.2 Å². The maximum atomic E-state index is 14.7. The Kier molecular flexibility index (Phi) is 8.59. The lowest BCUT2D eigenvalue weighted by atomic mass is 10.1. The Morgan fingerprint density at radius 3 is 2.52 bits per heavy atom. The number of amides is 3. The van der Waals surface area contributed by atoms with E-state index in [1.54, 1.807) is 20.8 Å². The number of rotatable bonds is 9. The molecule has 0 bridgehead atoms. The molecule has 7 nitrogen and oxygen atoms in total. The molecule has 1 atom stereocenters. The minimum absolute atomic E-state index is 0.0268. The summed E-state index contributed by atoms with van der Waals surface area (Å²) in [6.45, 7) is 9.80. The number of hydrogen-bond acceptors (Lipinski definition) is 5. The van der Waals surface area contributed by atoms with E-state index in [1.165, 1.54) is 11.1 Å². The molecule has 9 heteroatoms. The Morgan fingerprint density at radius 2 is 1.97 bits per heavy atom. The van der Waals surface area contributed by atoms with Crippen molar-refractivity contribution in [2.24, 2.45) is 0 Å². The number of imide groups is 1. The topological polar surface area (TPSA) is 79.0 Å². The summed E-state index contributed by atoms with van der Waals surface area (Å²) in [5, 5.41) is 4.28. The van der Waals surface area contributed by atoms with Crippen molar-refractivity contribution in [3.8, 4) is 0 Å². The molecular weight excluding hydrogens is 425 g/mol. The van der Waals surface area contributed by atoms with E-state index < -0.39 is 23.7 Å². The van der Waals surface area contributed by atoms with E-state index in [4.69, 9.17) is 16.4 Å². The summed E-state index contributed by atoms with van der Waals surface area (Å²) < 4.78 is 14.7. The summed E-state index contributed by atoms with van der Waals surface area (Å²) in [4.78, 5) is 44.2. The normalized spacial score (nSPS) is 14.8. The minimum atomic E-state index is -0.801. The first-order valence-corrected chi connectivity index (χ1v) is 10.7. The highest BCUT2D eigenvalue weighted by Crippen LogP contribution is 2.35. The van der Waals surface area contributed by atoms with E-state index in [2.05, 4.69) is 5.32 Å². The van der Waals surface area contributed by atoms with Gasteiger partial charge in [0.1, 0.15) is 11.9 Å². The van der Waals surface area contributed by atoms with Gasteiger partial charge in [-0.25, -0.2) is 14.4 Å². The number of benzene rings is 1. The van der Waals surface area contributed by atoms with Crippen LogP contribution >= 0.6 is 11.6 Å². The van der Waals surface area contributed by atoms with Crippen LogP contribution in [0, 0.1) is 5.82 Å². The average molecular weight is 454 g/mol. The van der Waals surface area contributed by atoms with E-state index in [9.17, 15) is 18.8 Å². The molecule has 31 heavy (non-hydrogen) atoms. The van der Waals surface area contributed by atoms with Crippen molar-refractivity contribution >= 4 is 40.7 Å². The number of carbonyl (C=O) groups is 3. The predicted molar refractivity (Wildman–Crippen MR) is 118 cm³/mol. The Morgan fingerprint density at radius 1 is 1.29 bits per heavy atom. The quantitative estimate of drug-likeness (QED) is 0.339. The van der Waals surface area contributed by atoms with Crippen LogP contribution in [0.3, 0.4) is 0 Å². The third-order valence-electron chi connectivity index (χ3n) is 4.79. The number of allylic oxidation sites excluding steroid dienone is 1. The first-order chi connectivity index (χ1) is 14.6. The highest BCUT2D eigenvalue weighted by atomic mass is 35.5. The van der Waals surface area contributed by atoms with E-state index in [-0.39, 0.29) is 28.7 Å². The fourth-order valence-corrected chi connectivity index (χ4v) is 3.37. The summed E-state index contributed by atoms with van der Waals surface area (Å²) in [6.07, 6.45) is 1.39. The fourth-order valence-electron chi connectivity index (χ4n) is 3.16. The van der Waals surface area contributed by atoms with Gasteiger partial charge in [-0.2, -0.15) is 0 Å². The predicted octanol–water partition coefficient (Wildman–Crippen LogP) is 4.46. The molecule has 1 heterocycles. The molecule has 1 aromatic rings. The van der Waals surface area contributed by atoms with Crippen molar-refractivity contribution in [3.05, 3.63) is 34.1 Å². The van der Waals surface area contributed by atoms with Crippen LogP contribution in [0.5, 0.6) is 0 Å². The molecule has 0 aliphatic carbocycles. The molecule has 0 aromatic heterocycles. The van der Waals surface area contributed by atoms with Crippen molar-refractivity contribution in [2.45, 2.75) is 59.9 Å². The summed E-state index contributed by atoms with van der Waals surface area (Å²) in [6, 6.07) is 1.56. The maximum Gasteiger partial charge on any atom is 0.268 e. The van der Waals surface area contributed by atoms with Crippen LogP contribution in [0.15, 0.2) is 23.3 Å². The zero-order chi connectivity index (χ0) is 23.3. The molecule has 1 aliphatic heterocycles. The Balaban J connectivity index is 2.31. The van der Waals surface area contributed by atoms with Gasteiger partial charge in [0.15, 0.2) is 0 Å². The van der Waals surface area contributed by atoms with Gasteiger partial charge in [-0.15, -0.1) is 0 Å². The Hall–Kier alpha value is -2.45. The van der Waals surface area contributed by atoms with Gasteiger partial charge in [0.05, 0.1) is 29.4 Å². The highest BCUT2D eigenvalue weighted by Gasteiger charge is 2.37. The molecular formula is C22H29ClFN3O4. The second kappa shape index (κ2) is 10.7. The van der Waals surface area contributed by atoms with Crippen molar-refractivity contribution in [2.75, 3.05) is 23.4 Å². The van der Waals surface area contributed by atoms with E-state index >= 15 is 0 Å². The van der Waals surface area contributed by atoms with Crippen molar-refractivity contribution in [1.29, 1.82) is 0 Å². The number of hydrogen-bond donors (Lipinski definition) is 1. The van der Waals surface area contributed by atoms with Crippen molar-refractivity contribution in [1.82, 2.24) is 5.06 Å². The molecule has 1 saturated heterocycles. The third-order valence-corrected chi connectivity index (χ3v) is 5.10. The SMILES string of the molecule is CCCON(CCC)C(=O)C(C)Nc1cc(N2C(=O)CC(=C(C)C)C2=O)c(F)cc1Cl. The number of halogens is 2. The van der Waals surface area contributed by atoms with Gasteiger partial charge in [-0.1, -0.05) is 31.0 Å². The van der Waals surface area contributed by atoms with E-state index in [0.717, 1.165) is 23.8 Å². The van der Waals surface area contributed by atoms with Crippen LogP contribution in [-0.2, 0) is 19.2 Å². The number of hydroxylamine groups is 2. The van der Waals surface area contributed by atoms with Gasteiger partial charge in [-0.05, 0) is 45.7 Å². The van der Waals surface area contributed by atoms with Crippen LogP contribution in [0.2, 0.25) is 5.02 Å². The van der Waals surface area contributed by atoms with Gasteiger partial charge in [0, 0.05) is 12.1 Å². The highest BCUT2D eigenvalue weighted by molar-refractivity contribution is 6.34. The third kappa shape index (κ3) is 5.62. The van der Waals surface area contributed by atoms with Gasteiger partial charge in [0.2, 0.25) is 5.91 Å². The monoisotopic (exact) mass is 453 g/mol. The molecule has 1 aliphatic rings. The first-order valence-electron chi connectivity index (χ1n) is 10.4. The maximum absolute atomic E-state index is 14.7. The van der Waals surface area contributed by atoms with Gasteiger partial charge < -0.3 is 5.32 Å². The number of anilines is 2. The molecule has 0 spiro atoms. The lowest BCUT2D eigenvalue weighted by Gasteiger charge is -2.26. The minimum Gasteiger partial charge on any atom is -0.373 e. The van der Waals surface area contributed by atoms with Crippen LogP contribution in [0.4, 0.5) is 15.8 Å². The summed E-state index contributed by atoms with van der Waals surface area (Å²) >= 11 is 6.18. The van der Waals surface area contributed by atoms with Crippen LogP contribution in [0.1, 0.15) is 53.9 Å². The summed E-state index contributed by atoms with van der Waals surface area (Å²) in [5.74, 6) is -2.18. The second-order valence-electron chi connectivity index (χ2n) is 7.61. The number of nitrogens with one attached hydrogen (secondary N) is 1. The molecule has 0 saturated carbocycles. The van der Waals surface area contributed by atoms with Gasteiger partial charge in [0.25, 0.3) is 11.8 Å². The molecule has 2 rings (SSSR count). The lowest BCUT2D eigenvalue weighted by molar-refractivity contribution is -0.187. The van der Waals surface area contributed by atoms with Crippen LogP contribution in [0.25, 0.3) is 0 Å². The molecule has 1 N–H and O–H groups in total. The zero-order valence-corrected chi connectivity index (χ0v) is 19.3. The van der Waals surface area contributed by atoms with E-state index in [1.807, 2.05) is 13.8 Å². The number of nitrogens with zero attached hydrogens (tertiary/aromatic N) is 2. The van der Waals surface area contributed by atoms with Crippen LogP contribution in [-0.4, -0.2) is 42.0 Å². The zero-order valence-electron chi connectivity index (χ0n) is 18.6. The summed E-state index contributed by atoms with van der Waals surface area (Å²) in [5.41, 5.74) is 1.08. The van der Waals surface area contributed by atoms with Crippen molar-refractivity contribution < 1.29 is 23.6 Å². The second-order valence-corrected chi connectivity index (χ2v) is 8.02. The smallest absolute Gasteiger partial charge is 0.268 e. The standard InChI is InChI=1S/C22H29ClFN3O4/c1-6-8-26(31-9-7-2)21(29)14(5)25-18-12-19(17(24)11-16(18)23)27-20(28)10-15(13(3)4)22(27)30/h11-12,14,25H,6-10H2,1-5H3. The molecule has 1 unspecified atom stereocenters. The molecule has 3 amide bonds. The molecule has 1 aromatic carbocycles. The lowest BCUT2D eigenvalue weighted by Crippen LogP contribution is -2.42.